The van der Waals surface area contributed by atoms with Crippen LogP contribution in [0.1, 0.15) is 5.82 Å². The summed E-state index contributed by atoms with van der Waals surface area (Å²) < 4.78 is 25.4. The third-order valence-electron chi connectivity index (χ3n) is 4.57. The van der Waals surface area contributed by atoms with Gasteiger partial charge < -0.3 is 9.47 Å². The molecule has 4 rings (SSSR count). The van der Waals surface area contributed by atoms with E-state index in [-0.39, 0.29) is 10.6 Å². The minimum Gasteiger partial charge on any atom is -0.362 e. The largest absolute Gasteiger partial charge is 0.362 e. The SMILES string of the molecule is NS(=O)(=O)c1cc(N2CCn3c(nnc3-c3ccccc3)C2)cc([N+](=O)[O-])c1. The summed E-state index contributed by atoms with van der Waals surface area (Å²) in [7, 11) is -4.08. The number of rotatable bonds is 4. The van der Waals surface area contributed by atoms with Crippen LogP contribution in [0.4, 0.5) is 11.4 Å². The fraction of sp³-hybridized carbons (Fsp3) is 0.176. The molecule has 0 unspecified atom stereocenters. The second-order valence-electron chi connectivity index (χ2n) is 6.37. The molecule has 144 valence electrons. The third kappa shape index (κ3) is 3.32. The Kier molecular flexibility index (Phi) is 4.32. The minimum atomic E-state index is -4.08. The molecule has 2 N–H and O–H groups in total. The molecule has 0 bridgehead atoms. The van der Waals surface area contributed by atoms with E-state index in [0.717, 1.165) is 17.5 Å². The van der Waals surface area contributed by atoms with Crippen LogP contribution in [0.2, 0.25) is 0 Å². The molecule has 0 aliphatic carbocycles. The van der Waals surface area contributed by atoms with Gasteiger partial charge in [-0.25, -0.2) is 13.6 Å². The Morgan fingerprint density at radius 2 is 1.82 bits per heavy atom. The quantitative estimate of drug-likeness (QED) is 0.518. The first-order chi connectivity index (χ1) is 13.3. The second-order valence-corrected chi connectivity index (χ2v) is 7.93. The Balaban J connectivity index is 1.70. The lowest BCUT2D eigenvalue weighted by molar-refractivity contribution is -0.385. The zero-order chi connectivity index (χ0) is 19.9. The average Bonchev–Trinajstić information content (AvgIpc) is 3.11. The van der Waals surface area contributed by atoms with Crippen molar-refractivity contribution >= 4 is 21.4 Å². The van der Waals surface area contributed by atoms with Crippen molar-refractivity contribution in [2.24, 2.45) is 5.14 Å². The number of benzene rings is 2. The fourth-order valence-electron chi connectivity index (χ4n) is 3.20. The second kappa shape index (κ2) is 6.69. The van der Waals surface area contributed by atoms with Crippen molar-refractivity contribution in [2.45, 2.75) is 18.0 Å². The predicted molar refractivity (Wildman–Crippen MR) is 101 cm³/mol. The van der Waals surface area contributed by atoms with E-state index in [1.807, 2.05) is 39.8 Å². The normalized spacial score (nSPS) is 14.0. The van der Waals surface area contributed by atoms with E-state index in [9.17, 15) is 18.5 Å². The lowest BCUT2D eigenvalue weighted by Crippen LogP contribution is -2.34. The summed E-state index contributed by atoms with van der Waals surface area (Å²) in [5, 5.41) is 24.9. The molecule has 1 aliphatic heterocycles. The van der Waals surface area contributed by atoms with E-state index in [4.69, 9.17) is 5.14 Å². The van der Waals surface area contributed by atoms with Crippen LogP contribution in [0.25, 0.3) is 11.4 Å². The van der Waals surface area contributed by atoms with Crippen LogP contribution >= 0.6 is 0 Å². The summed E-state index contributed by atoms with van der Waals surface area (Å²) in [6, 6.07) is 13.3. The van der Waals surface area contributed by atoms with E-state index >= 15 is 0 Å². The molecule has 0 saturated heterocycles. The number of nitrogens with zero attached hydrogens (tertiary/aromatic N) is 5. The highest BCUT2D eigenvalue weighted by Crippen LogP contribution is 2.29. The van der Waals surface area contributed by atoms with Gasteiger partial charge in [-0.3, -0.25) is 10.1 Å². The standard InChI is InChI=1S/C17H16N6O4S/c18-28(26,27)15-9-13(8-14(10-15)23(24)25)21-6-7-22-16(11-21)19-20-17(22)12-4-2-1-3-5-12/h1-5,8-10H,6-7,11H2,(H2,18,26,27). The van der Waals surface area contributed by atoms with Crippen LogP contribution in [0.15, 0.2) is 53.4 Å². The molecule has 2 heterocycles. The van der Waals surface area contributed by atoms with E-state index in [1.165, 1.54) is 12.1 Å². The Morgan fingerprint density at radius 3 is 2.50 bits per heavy atom. The molecule has 10 nitrogen and oxygen atoms in total. The zero-order valence-electron chi connectivity index (χ0n) is 14.6. The van der Waals surface area contributed by atoms with Crippen LogP contribution in [-0.4, -0.2) is 34.7 Å². The van der Waals surface area contributed by atoms with Crippen molar-refractivity contribution in [3.63, 3.8) is 0 Å². The Morgan fingerprint density at radius 1 is 1.07 bits per heavy atom. The number of hydrogen-bond acceptors (Lipinski definition) is 7. The van der Waals surface area contributed by atoms with Crippen LogP contribution in [0.5, 0.6) is 0 Å². The van der Waals surface area contributed by atoms with Crippen molar-refractivity contribution in [3.05, 3.63) is 64.5 Å². The molecule has 1 aliphatic rings. The van der Waals surface area contributed by atoms with Crippen LogP contribution in [-0.2, 0) is 23.1 Å². The van der Waals surface area contributed by atoms with E-state index in [0.29, 0.717) is 31.1 Å². The Hall–Kier alpha value is -3.31. The van der Waals surface area contributed by atoms with Crippen molar-refractivity contribution < 1.29 is 13.3 Å². The fourth-order valence-corrected chi connectivity index (χ4v) is 3.77. The summed E-state index contributed by atoms with van der Waals surface area (Å²) >= 11 is 0. The van der Waals surface area contributed by atoms with Crippen molar-refractivity contribution in [1.82, 2.24) is 14.8 Å². The average molecular weight is 400 g/mol. The summed E-state index contributed by atoms with van der Waals surface area (Å²) in [5.74, 6) is 1.44. The van der Waals surface area contributed by atoms with E-state index in [2.05, 4.69) is 10.2 Å². The number of fused-ring (bicyclic) bond motifs is 1. The molecular formula is C17H16N6O4S. The maximum absolute atomic E-state index is 11.7. The Bertz CT molecular complexity index is 1160. The van der Waals surface area contributed by atoms with Gasteiger partial charge in [0.15, 0.2) is 11.6 Å². The predicted octanol–water partition coefficient (Wildman–Crippen LogP) is 1.52. The number of nitro benzene ring substituents is 1. The lowest BCUT2D eigenvalue weighted by Gasteiger charge is -2.29. The molecule has 1 aromatic heterocycles. The number of anilines is 1. The molecule has 0 fully saturated rings. The number of aromatic nitrogens is 3. The number of non-ortho nitro benzene ring substituents is 1. The number of sulfonamides is 1. The smallest absolute Gasteiger partial charge is 0.272 e. The number of nitrogens with two attached hydrogens (primary N) is 1. The first-order valence-corrected chi connectivity index (χ1v) is 9.92. The molecular weight excluding hydrogens is 384 g/mol. The molecule has 11 heteroatoms. The van der Waals surface area contributed by atoms with Gasteiger partial charge in [-0.05, 0) is 6.07 Å². The summed E-state index contributed by atoms with van der Waals surface area (Å²) in [5.41, 5.74) is 1.01. The molecule has 3 aromatic rings. The third-order valence-corrected chi connectivity index (χ3v) is 5.46. The minimum absolute atomic E-state index is 0.297. The number of primary sulfonamides is 1. The van der Waals surface area contributed by atoms with Gasteiger partial charge in [-0.2, -0.15) is 0 Å². The van der Waals surface area contributed by atoms with Gasteiger partial charge in [0.25, 0.3) is 5.69 Å². The molecule has 2 aromatic carbocycles. The van der Waals surface area contributed by atoms with Gasteiger partial charge in [-0.15, -0.1) is 10.2 Å². The zero-order valence-corrected chi connectivity index (χ0v) is 15.4. The summed E-state index contributed by atoms with van der Waals surface area (Å²) in [6.45, 7) is 1.40. The first kappa shape index (κ1) is 18.1. The highest BCUT2D eigenvalue weighted by atomic mass is 32.2. The van der Waals surface area contributed by atoms with Gasteiger partial charge >= 0.3 is 0 Å². The molecule has 0 radical (unpaired) electrons. The molecule has 0 atom stereocenters. The van der Waals surface area contributed by atoms with E-state index < -0.39 is 14.9 Å². The van der Waals surface area contributed by atoms with Crippen LogP contribution in [0.3, 0.4) is 0 Å². The monoisotopic (exact) mass is 400 g/mol. The number of hydrogen-bond donors (Lipinski definition) is 1. The number of nitro groups is 1. The molecule has 28 heavy (non-hydrogen) atoms. The van der Waals surface area contributed by atoms with Gasteiger partial charge in [0.2, 0.25) is 10.0 Å². The highest BCUT2D eigenvalue weighted by molar-refractivity contribution is 7.89. The van der Waals surface area contributed by atoms with Crippen molar-refractivity contribution in [1.29, 1.82) is 0 Å². The van der Waals surface area contributed by atoms with Gasteiger partial charge in [0.05, 0.1) is 16.4 Å². The highest BCUT2D eigenvalue weighted by Gasteiger charge is 2.25. The summed E-state index contributed by atoms with van der Waals surface area (Å²) in [4.78, 5) is 12.1. The first-order valence-electron chi connectivity index (χ1n) is 8.37. The van der Waals surface area contributed by atoms with Crippen LogP contribution < -0.4 is 10.0 Å². The topological polar surface area (TPSA) is 137 Å². The maximum Gasteiger partial charge on any atom is 0.272 e. The lowest BCUT2D eigenvalue weighted by atomic mass is 10.2. The van der Waals surface area contributed by atoms with Crippen molar-refractivity contribution in [2.75, 3.05) is 11.4 Å². The van der Waals surface area contributed by atoms with Crippen molar-refractivity contribution in [3.8, 4) is 11.4 Å². The maximum atomic E-state index is 11.7. The molecule has 0 amide bonds. The van der Waals surface area contributed by atoms with Gasteiger partial charge in [-0.1, -0.05) is 30.3 Å². The summed E-state index contributed by atoms with van der Waals surface area (Å²) in [6.07, 6.45) is 0. The molecule has 0 spiro atoms. The molecule has 0 saturated carbocycles. The van der Waals surface area contributed by atoms with Gasteiger partial charge in [0.1, 0.15) is 0 Å². The Labute approximate surface area is 160 Å². The van der Waals surface area contributed by atoms with Gasteiger partial charge in [0, 0.05) is 36.5 Å². The van der Waals surface area contributed by atoms with E-state index in [1.54, 1.807) is 0 Å². The van der Waals surface area contributed by atoms with Crippen LogP contribution in [0, 0.1) is 10.1 Å².